The van der Waals surface area contributed by atoms with Crippen molar-refractivity contribution in [3.05, 3.63) is 0 Å². The van der Waals surface area contributed by atoms with Crippen LogP contribution in [0.15, 0.2) is 0 Å². The minimum Gasteiger partial charge on any atom is -0.342 e. The molecule has 0 saturated carbocycles. The average Bonchev–Trinajstić information content (AvgIpc) is 2.39. The summed E-state index contributed by atoms with van der Waals surface area (Å²) in [5, 5.41) is 0. The highest BCUT2D eigenvalue weighted by Gasteiger charge is 2.15. The van der Waals surface area contributed by atoms with Gasteiger partial charge in [0.15, 0.2) is 0 Å². The molecule has 0 bridgehead atoms. The van der Waals surface area contributed by atoms with Crippen molar-refractivity contribution in [2.75, 3.05) is 38.6 Å². The van der Waals surface area contributed by atoms with Crippen LogP contribution in [-0.4, -0.2) is 54.3 Å². The van der Waals surface area contributed by atoms with Crippen molar-refractivity contribution >= 4 is 17.5 Å². The van der Waals surface area contributed by atoms with E-state index in [1.54, 1.807) is 6.92 Å². The van der Waals surface area contributed by atoms with E-state index in [1.165, 1.54) is 0 Å². The van der Waals surface area contributed by atoms with Crippen LogP contribution in [0.2, 0.25) is 0 Å². The molecule has 1 amide bonds. The lowest BCUT2D eigenvalue weighted by Crippen LogP contribution is -2.34. The Morgan fingerprint density at radius 2 is 2.07 bits per heavy atom. The van der Waals surface area contributed by atoms with Crippen LogP contribution in [0.1, 0.15) is 19.8 Å². The highest BCUT2D eigenvalue weighted by atomic mass is 35.5. The molecule has 0 atom stereocenters. The van der Waals surface area contributed by atoms with Gasteiger partial charge in [0.1, 0.15) is 0 Å². The van der Waals surface area contributed by atoms with Crippen molar-refractivity contribution in [2.45, 2.75) is 19.8 Å². The number of nitrogens with zero attached hydrogens (tertiary/aromatic N) is 2. The monoisotopic (exact) mass is 218 g/mol. The molecule has 1 saturated heterocycles. The van der Waals surface area contributed by atoms with Crippen molar-refractivity contribution in [1.82, 2.24) is 9.80 Å². The molecule has 0 aromatic rings. The summed E-state index contributed by atoms with van der Waals surface area (Å²) in [6.07, 6.45) is 2.13. The summed E-state index contributed by atoms with van der Waals surface area (Å²) in [6, 6.07) is 0. The molecule has 0 aromatic carbocycles. The van der Waals surface area contributed by atoms with Crippen LogP contribution in [-0.2, 0) is 4.79 Å². The zero-order chi connectivity index (χ0) is 10.4. The number of amides is 1. The van der Waals surface area contributed by atoms with E-state index in [0.717, 1.165) is 51.4 Å². The van der Waals surface area contributed by atoms with Crippen LogP contribution in [0.25, 0.3) is 0 Å². The summed E-state index contributed by atoms with van der Waals surface area (Å²) in [6.45, 7) is 6.59. The largest absolute Gasteiger partial charge is 0.342 e. The van der Waals surface area contributed by atoms with Gasteiger partial charge in [-0.3, -0.25) is 4.79 Å². The van der Waals surface area contributed by atoms with Crippen molar-refractivity contribution < 1.29 is 4.79 Å². The molecule has 1 fully saturated rings. The second kappa shape index (κ2) is 6.25. The first-order valence-electron chi connectivity index (χ1n) is 5.28. The smallest absolute Gasteiger partial charge is 0.219 e. The van der Waals surface area contributed by atoms with E-state index in [-0.39, 0.29) is 5.91 Å². The molecule has 3 nitrogen and oxygen atoms in total. The molecule has 0 N–H and O–H groups in total. The molecular formula is C10H19ClN2O. The first-order chi connectivity index (χ1) is 6.74. The minimum atomic E-state index is 0.198. The Morgan fingerprint density at radius 3 is 2.71 bits per heavy atom. The molecule has 0 radical (unpaired) electrons. The number of alkyl halides is 1. The Morgan fingerprint density at radius 1 is 1.29 bits per heavy atom. The number of carbonyl (C=O) groups excluding carboxylic acids is 1. The summed E-state index contributed by atoms with van der Waals surface area (Å²) in [5.74, 6) is 0.927. The third-order valence-corrected chi connectivity index (χ3v) is 2.91. The first-order valence-corrected chi connectivity index (χ1v) is 5.81. The van der Waals surface area contributed by atoms with Gasteiger partial charge in [0.05, 0.1) is 0 Å². The fourth-order valence-electron chi connectivity index (χ4n) is 1.79. The second-order valence-corrected chi connectivity index (χ2v) is 4.12. The molecule has 82 valence electrons. The summed E-state index contributed by atoms with van der Waals surface area (Å²) in [7, 11) is 0. The summed E-state index contributed by atoms with van der Waals surface area (Å²) in [4.78, 5) is 15.5. The molecule has 14 heavy (non-hydrogen) atoms. The topological polar surface area (TPSA) is 23.6 Å². The molecule has 4 heteroatoms. The van der Waals surface area contributed by atoms with Gasteiger partial charge < -0.3 is 9.80 Å². The van der Waals surface area contributed by atoms with Crippen LogP contribution in [0.3, 0.4) is 0 Å². The van der Waals surface area contributed by atoms with Crippen LogP contribution in [0.5, 0.6) is 0 Å². The number of hydrogen-bond acceptors (Lipinski definition) is 2. The Balaban J connectivity index is 2.29. The van der Waals surface area contributed by atoms with Gasteiger partial charge in [0, 0.05) is 32.4 Å². The van der Waals surface area contributed by atoms with E-state index in [2.05, 4.69) is 4.90 Å². The molecule has 0 aliphatic carbocycles. The van der Waals surface area contributed by atoms with Gasteiger partial charge in [0.25, 0.3) is 0 Å². The SMILES string of the molecule is CC(=O)N1CCCN(CCCCl)CC1. The van der Waals surface area contributed by atoms with Gasteiger partial charge >= 0.3 is 0 Å². The first kappa shape index (κ1) is 11.8. The van der Waals surface area contributed by atoms with Gasteiger partial charge in [0.2, 0.25) is 5.91 Å². The number of rotatable bonds is 3. The van der Waals surface area contributed by atoms with Gasteiger partial charge in [-0.1, -0.05) is 0 Å². The van der Waals surface area contributed by atoms with E-state index in [0.29, 0.717) is 0 Å². The molecule has 0 unspecified atom stereocenters. The van der Waals surface area contributed by atoms with E-state index in [9.17, 15) is 4.79 Å². The van der Waals surface area contributed by atoms with Gasteiger partial charge in [-0.05, 0) is 25.9 Å². The van der Waals surface area contributed by atoms with Crippen LogP contribution in [0.4, 0.5) is 0 Å². The van der Waals surface area contributed by atoms with Crippen molar-refractivity contribution in [1.29, 1.82) is 0 Å². The van der Waals surface area contributed by atoms with Crippen molar-refractivity contribution in [3.8, 4) is 0 Å². The molecule has 1 aliphatic heterocycles. The average molecular weight is 219 g/mol. The Labute approximate surface area is 91.0 Å². The molecular weight excluding hydrogens is 200 g/mol. The van der Waals surface area contributed by atoms with Crippen LogP contribution in [0, 0.1) is 0 Å². The highest BCUT2D eigenvalue weighted by molar-refractivity contribution is 6.17. The van der Waals surface area contributed by atoms with E-state index < -0.39 is 0 Å². The predicted molar refractivity (Wildman–Crippen MR) is 58.6 cm³/mol. The molecule has 1 heterocycles. The Hall–Kier alpha value is -0.280. The number of hydrogen-bond donors (Lipinski definition) is 0. The normalized spacial score (nSPS) is 19.4. The maximum atomic E-state index is 11.2. The number of halogens is 1. The maximum Gasteiger partial charge on any atom is 0.219 e. The molecule has 1 aliphatic rings. The Kier molecular flexibility index (Phi) is 5.26. The highest BCUT2D eigenvalue weighted by Crippen LogP contribution is 2.04. The second-order valence-electron chi connectivity index (χ2n) is 3.74. The fourth-order valence-corrected chi connectivity index (χ4v) is 1.91. The summed E-state index contributed by atoms with van der Waals surface area (Å²) >= 11 is 5.65. The zero-order valence-electron chi connectivity index (χ0n) is 8.84. The predicted octanol–water partition coefficient (Wildman–Crippen LogP) is 1.17. The fraction of sp³-hybridized carbons (Fsp3) is 0.900. The lowest BCUT2D eigenvalue weighted by atomic mass is 10.3. The summed E-state index contributed by atoms with van der Waals surface area (Å²) < 4.78 is 0. The quantitative estimate of drug-likeness (QED) is 0.664. The maximum absolute atomic E-state index is 11.2. The standard InChI is InChI=1S/C10H19ClN2O/c1-10(14)13-7-3-6-12(8-9-13)5-2-4-11/h2-9H2,1H3. The lowest BCUT2D eigenvalue weighted by molar-refractivity contribution is -0.128. The Bertz CT molecular complexity index is 187. The van der Waals surface area contributed by atoms with Crippen molar-refractivity contribution in [3.63, 3.8) is 0 Å². The van der Waals surface area contributed by atoms with Crippen LogP contribution >= 0.6 is 11.6 Å². The van der Waals surface area contributed by atoms with Crippen molar-refractivity contribution in [2.24, 2.45) is 0 Å². The van der Waals surface area contributed by atoms with Crippen LogP contribution < -0.4 is 0 Å². The van der Waals surface area contributed by atoms with Gasteiger partial charge in [-0.2, -0.15) is 0 Å². The number of carbonyl (C=O) groups is 1. The molecule has 0 aromatic heterocycles. The van der Waals surface area contributed by atoms with Gasteiger partial charge in [-0.15, -0.1) is 11.6 Å². The van der Waals surface area contributed by atoms with E-state index >= 15 is 0 Å². The zero-order valence-corrected chi connectivity index (χ0v) is 9.59. The third kappa shape index (κ3) is 3.84. The van der Waals surface area contributed by atoms with E-state index in [4.69, 9.17) is 11.6 Å². The van der Waals surface area contributed by atoms with Gasteiger partial charge in [-0.25, -0.2) is 0 Å². The molecule has 1 rings (SSSR count). The lowest BCUT2D eigenvalue weighted by Gasteiger charge is -2.20. The summed E-state index contributed by atoms with van der Waals surface area (Å²) in [5.41, 5.74) is 0. The third-order valence-electron chi connectivity index (χ3n) is 2.64. The minimum absolute atomic E-state index is 0.198. The van der Waals surface area contributed by atoms with E-state index in [1.807, 2.05) is 4.90 Å². The molecule has 0 spiro atoms.